The normalized spacial score (nSPS) is 11.5. The van der Waals surface area contributed by atoms with Gasteiger partial charge in [0.05, 0.1) is 33.0 Å². The molecule has 2 aromatic rings. The van der Waals surface area contributed by atoms with Crippen molar-refractivity contribution in [3.05, 3.63) is 68.8 Å². The number of ether oxygens (including phenoxy) is 4. The predicted octanol–water partition coefficient (Wildman–Crippen LogP) is 5.49. The Morgan fingerprint density at radius 3 is 1.36 bits per heavy atom. The summed E-state index contributed by atoms with van der Waals surface area (Å²) >= 11 is 0. The standard InChI is InChI=1S/C30H41O8P/c1-8-35-9-10-36-11-12-37-13-14-38-26(31)19-39(34,29(32)27-22(4)15-20(2)16-23(27)5)30(33)28-24(6)17-21(3)18-25(28)7/h15-18H,8-14,19H2,1-7H3. The summed E-state index contributed by atoms with van der Waals surface area (Å²) in [7, 11) is -4.44. The van der Waals surface area contributed by atoms with E-state index < -0.39 is 30.3 Å². The number of carbonyl (C=O) groups excluding carboxylic acids is 3. The molecule has 39 heavy (non-hydrogen) atoms. The van der Waals surface area contributed by atoms with Crippen LogP contribution in [0.4, 0.5) is 0 Å². The summed E-state index contributed by atoms with van der Waals surface area (Å²) < 4.78 is 35.6. The lowest BCUT2D eigenvalue weighted by Crippen LogP contribution is -2.23. The van der Waals surface area contributed by atoms with Gasteiger partial charge in [-0.25, -0.2) is 0 Å². The summed E-state index contributed by atoms with van der Waals surface area (Å²) in [6, 6.07) is 7.20. The zero-order valence-corrected chi connectivity index (χ0v) is 25.1. The first-order valence-corrected chi connectivity index (χ1v) is 15.0. The van der Waals surface area contributed by atoms with Gasteiger partial charge in [-0.15, -0.1) is 0 Å². The topological polar surface area (TPSA) is 105 Å². The molecule has 0 fully saturated rings. The molecule has 0 aliphatic rings. The second-order valence-electron chi connectivity index (χ2n) is 9.70. The zero-order chi connectivity index (χ0) is 29.2. The first kappa shape index (κ1) is 32.6. The molecule has 8 nitrogen and oxygen atoms in total. The molecule has 0 amide bonds. The average molecular weight is 561 g/mol. The molecule has 2 rings (SSSR count). The second kappa shape index (κ2) is 15.2. The van der Waals surface area contributed by atoms with Crippen molar-refractivity contribution < 1.29 is 37.9 Å². The Labute approximate surface area is 231 Å². The molecule has 0 aromatic heterocycles. The largest absolute Gasteiger partial charge is 0.463 e. The van der Waals surface area contributed by atoms with Crippen LogP contribution in [-0.4, -0.2) is 69.4 Å². The van der Waals surface area contributed by atoms with E-state index in [0.29, 0.717) is 55.3 Å². The van der Waals surface area contributed by atoms with Gasteiger partial charge >= 0.3 is 5.97 Å². The summed E-state index contributed by atoms with van der Waals surface area (Å²) in [5.41, 5.74) is 3.07. The first-order chi connectivity index (χ1) is 18.4. The van der Waals surface area contributed by atoms with Crippen LogP contribution < -0.4 is 0 Å². The Hall–Kier alpha value is -2.64. The Kier molecular flexibility index (Phi) is 12.7. The third-order valence-electron chi connectivity index (χ3n) is 6.23. The highest BCUT2D eigenvalue weighted by Gasteiger charge is 2.45. The molecule has 0 saturated carbocycles. The third kappa shape index (κ3) is 8.94. The number of aryl methyl sites for hydroxylation is 6. The second-order valence-corrected chi connectivity index (χ2v) is 12.3. The van der Waals surface area contributed by atoms with Crippen LogP contribution in [0.25, 0.3) is 0 Å². The van der Waals surface area contributed by atoms with Gasteiger partial charge in [0.25, 0.3) is 0 Å². The number of hydrogen-bond donors (Lipinski definition) is 0. The number of rotatable bonds is 16. The van der Waals surface area contributed by atoms with Crippen LogP contribution in [0.3, 0.4) is 0 Å². The third-order valence-corrected chi connectivity index (χ3v) is 8.69. The van der Waals surface area contributed by atoms with E-state index in [2.05, 4.69) is 0 Å². The molecular formula is C30H41O8P. The molecular weight excluding hydrogens is 519 g/mol. The molecule has 0 saturated heterocycles. The van der Waals surface area contributed by atoms with Crippen LogP contribution in [0.15, 0.2) is 24.3 Å². The summed E-state index contributed by atoms with van der Waals surface area (Å²) in [5, 5.41) is 0. The molecule has 2 aromatic carbocycles. The molecule has 0 aliphatic carbocycles. The monoisotopic (exact) mass is 560 g/mol. The van der Waals surface area contributed by atoms with Crippen LogP contribution >= 0.6 is 7.14 Å². The van der Waals surface area contributed by atoms with E-state index in [1.165, 1.54) is 0 Å². The summed E-state index contributed by atoms with van der Waals surface area (Å²) in [4.78, 5) is 40.5. The van der Waals surface area contributed by atoms with Crippen LogP contribution in [0.1, 0.15) is 61.0 Å². The van der Waals surface area contributed by atoms with Crippen molar-refractivity contribution in [3.8, 4) is 0 Å². The zero-order valence-electron chi connectivity index (χ0n) is 24.2. The highest BCUT2D eigenvalue weighted by molar-refractivity contribution is 7.96. The number of esters is 1. The van der Waals surface area contributed by atoms with Crippen molar-refractivity contribution in [2.75, 3.05) is 52.4 Å². The quantitative estimate of drug-likeness (QED) is 0.151. The van der Waals surface area contributed by atoms with Crippen LogP contribution in [-0.2, 0) is 28.3 Å². The molecule has 0 aliphatic heterocycles. The van der Waals surface area contributed by atoms with Gasteiger partial charge in [-0.3, -0.25) is 14.4 Å². The summed E-state index contributed by atoms with van der Waals surface area (Å²) in [5.74, 6) is -0.888. The lowest BCUT2D eigenvalue weighted by atomic mass is 10.0. The highest BCUT2D eigenvalue weighted by Crippen LogP contribution is 2.53. The Morgan fingerprint density at radius 2 is 0.974 bits per heavy atom. The highest BCUT2D eigenvalue weighted by atomic mass is 31.2. The fraction of sp³-hybridized carbons (Fsp3) is 0.500. The van der Waals surface area contributed by atoms with Crippen LogP contribution in [0.5, 0.6) is 0 Å². The SMILES string of the molecule is CCOCCOCCOCCOC(=O)CP(=O)(C(=O)c1c(C)cc(C)cc1C)C(=O)c1c(C)cc(C)cc1C. The van der Waals surface area contributed by atoms with Gasteiger partial charge in [0.1, 0.15) is 12.8 Å². The van der Waals surface area contributed by atoms with E-state index in [1.807, 2.05) is 20.8 Å². The van der Waals surface area contributed by atoms with E-state index in [9.17, 15) is 18.9 Å². The van der Waals surface area contributed by atoms with Gasteiger partial charge in [0.2, 0.25) is 18.2 Å². The molecule has 9 heteroatoms. The molecule has 0 spiro atoms. The fourth-order valence-corrected chi connectivity index (χ4v) is 7.01. The Bertz CT molecular complexity index is 1110. The number of carbonyl (C=O) groups is 3. The predicted molar refractivity (Wildman–Crippen MR) is 152 cm³/mol. The minimum Gasteiger partial charge on any atom is -0.463 e. The lowest BCUT2D eigenvalue weighted by molar-refractivity contribution is -0.142. The summed E-state index contributed by atoms with van der Waals surface area (Å²) in [6.07, 6.45) is -0.815. The van der Waals surface area contributed by atoms with Crippen molar-refractivity contribution in [1.29, 1.82) is 0 Å². The van der Waals surface area contributed by atoms with E-state index in [1.54, 1.807) is 52.0 Å². The summed E-state index contributed by atoms with van der Waals surface area (Å²) in [6.45, 7) is 14.9. The van der Waals surface area contributed by atoms with Gasteiger partial charge in [0, 0.05) is 17.7 Å². The minimum absolute atomic E-state index is 0.0963. The molecule has 0 unspecified atom stereocenters. The fourth-order valence-electron chi connectivity index (χ4n) is 4.66. The molecule has 0 radical (unpaired) electrons. The van der Waals surface area contributed by atoms with E-state index in [0.717, 1.165) is 11.1 Å². The average Bonchev–Trinajstić information content (AvgIpc) is 2.83. The van der Waals surface area contributed by atoms with E-state index in [-0.39, 0.29) is 24.3 Å². The lowest BCUT2D eigenvalue weighted by Gasteiger charge is -2.20. The van der Waals surface area contributed by atoms with Gasteiger partial charge in [0.15, 0.2) is 0 Å². The van der Waals surface area contributed by atoms with E-state index >= 15 is 0 Å². The van der Waals surface area contributed by atoms with Crippen molar-refractivity contribution >= 4 is 24.2 Å². The van der Waals surface area contributed by atoms with Crippen LogP contribution in [0.2, 0.25) is 0 Å². The maximum atomic E-state index is 14.4. The maximum Gasteiger partial charge on any atom is 0.314 e. The Balaban J connectivity index is 2.20. The first-order valence-electron chi connectivity index (χ1n) is 13.2. The van der Waals surface area contributed by atoms with Gasteiger partial charge in [-0.1, -0.05) is 35.4 Å². The smallest absolute Gasteiger partial charge is 0.314 e. The molecule has 214 valence electrons. The number of benzene rings is 2. The molecule has 0 N–H and O–H groups in total. The molecule has 0 bridgehead atoms. The maximum absolute atomic E-state index is 14.4. The minimum atomic E-state index is -4.44. The van der Waals surface area contributed by atoms with Crippen molar-refractivity contribution in [2.24, 2.45) is 0 Å². The Morgan fingerprint density at radius 1 is 0.615 bits per heavy atom. The van der Waals surface area contributed by atoms with Crippen molar-refractivity contribution in [2.45, 2.75) is 48.5 Å². The van der Waals surface area contributed by atoms with Crippen LogP contribution in [0, 0.1) is 41.5 Å². The van der Waals surface area contributed by atoms with Crippen molar-refractivity contribution in [1.82, 2.24) is 0 Å². The van der Waals surface area contributed by atoms with E-state index in [4.69, 9.17) is 18.9 Å². The molecule has 0 heterocycles. The van der Waals surface area contributed by atoms with Gasteiger partial charge < -0.3 is 23.5 Å². The number of hydrogen-bond acceptors (Lipinski definition) is 8. The van der Waals surface area contributed by atoms with Gasteiger partial charge in [-0.2, -0.15) is 0 Å². The van der Waals surface area contributed by atoms with Gasteiger partial charge in [-0.05, 0) is 70.7 Å². The van der Waals surface area contributed by atoms with Crippen molar-refractivity contribution in [3.63, 3.8) is 0 Å². The molecule has 0 atom stereocenters.